The molecule has 148 valence electrons. The van der Waals surface area contributed by atoms with Crippen molar-refractivity contribution < 1.29 is 23.4 Å². The first-order valence-corrected chi connectivity index (χ1v) is 8.87. The van der Waals surface area contributed by atoms with Crippen LogP contribution in [0.15, 0.2) is 15.4 Å². The van der Waals surface area contributed by atoms with Gasteiger partial charge >= 0.3 is 5.69 Å². The van der Waals surface area contributed by atoms with Gasteiger partial charge in [-0.25, -0.2) is 18.0 Å². The molecule has 1 aromatic rings. The van der Waals surface area contributed by atoms with Crippen molar-refractivity contribution in [3.63, 3.8) is 0 Å². The number of hydrogen-bond donors (Lipinski definition) is 3. The number of aliphatic hydroxyl groups is 2. The van der Waals surface area contributed by atoms with Crippen molar-refractivity contribution in [1.29, 1.82) is 0 Å². The smallest absolute Gasteiger partial charge is 0.328 e. The van der Waals surface area contributed by atoms with Gasteiger partial charge in [0.25, 0.3) is 11.5 Å². The molecule has 3 unspecified atom stereocenters. The normalized spacial score (nSPS) is 30.6. The molecular weight excluding hydrogens is 367 g/mol. The van der Waals surface area contributed by atoms with Gasteiger partial charge in [-0.2, -0.15) is 0 Å². The van der Waals surface area contributed by atoms with Crippen molar-refractivity contribution >= 4 is 5.76 Å². The quantitative estimate of drug-likeness (QED) is 0.722. The summed E-state index contributed by atoms with van der Waals surface area (Å²) in [4.78, 5) is 27.8. The molecule has 2 aliphatic carbocycles. The highest BCUT2D eigenvalue weighted by molar-refractivity contribution is 5.66. The van der Waals surface area contributed by atoms with E-state index < -0.39 is 59.8 Å². The van der Waals surface area contributed by atoms with E-state index in [1.54, 1.807) is 6.92 Å². The SMILES string of the molecule is CC1c2c(c(=O)[nH]c(=O)n2C2CC2)C(O)=C(F)C1N1CC(CO)C(F)(F)C1. The predicted octanol–water partition coefficient (Wildman–Crippen LogP) is 1.11. The van der Waals surface area contributed by atoms with E-state index in [-0.39, 0.29) is 23.8 Å². The molecule has 7 nitrogen and oxygen atoms in total. The van der Waals surface area contributed by atoms with Crippen molar-refractivity contribution in [2.75, 3.05) is 19.7 Å². The fourth-order valence-corrected chi connectivity index (χ4v) is 4.33. The Morgan fingerprint density at radius 2 is 1.96 bits per heavy atom. The maximum atomic E-state index is 15.0. The molecule has 4 rings (SSSR count). The zero-order valence-electron chi connectivity index (χ0n) is 14.6. The second-order valence-electron chi connectivity index (χ2n) is 7.62. The third-order valence-corrected chi connectivity index (χ3v) is 5.80. The molecular formula is C17H20F3N3O4. The molecule has 3 atom stereocenters. The Morgan fingerprint density at radius 1 is 1.30 bits per heavy atom. The number of nitrogens with zero attached hydrogens (tertiary/aromatic N) is 2. The van der Waals surface area contributed by atoms with E-state index in [4.69, 9.17) is 0 Å². The Kier molecular flexibility index (Phi) is 4.04. The number of rotatable bonds is 3. The van der Waals surface area contributed by atoms with E-state index in [0.717, 1.165) is 0 Å². The highest BCUT2D eigenvalue weighted by Gasteiger charge is 2.53. The molecule has 3 aliphatic rings. The number of aromatic amines is 1. The second kappa shape index (κ2) is 5.96. The van der Waals surface area contributed by atoms with Crippen molar-refractivity contribution in [2.24, 2.45) is 5.92 Å². The summed E-state index contributed by atoms with van der Waals surface area (Å²) in [5.41, 5.74) is -1.69. The van der Waals surface area contributed by atoms with Gasteiger partial charge in [0.2, 0.25) is 0 Å². The summed E-state index contributed by atoms with van der Waals surface area (Å²) in [5, 5.41) is 19.5. The molecule has 2 heterocycles. The topological polar surface area (TPSA) is 98.6 Å². The summed E-state index contributed by atoms with van der Waals surface area (Å²) in [6.07, 6.45) is 1.41. The van der Waals surface area contributed by atoms with Crippen LogP contribution in [0.4, 0.5) is 13.2 Å². The first-order chi connectivity index (χ1) is 12.7. The van der Waals surface area contributed by atoms with E-state index in [1.165, 1.54) is 9.47 Å². The molecule has 2 fully saturated rings. The molecule has 0 bridgehead atoms. The molecule has 0 amide bonds. The van der Waals surface area contributed by atoms with Crippen LogP contribution in [0.25, 0.3) is 5.76 Å². The summed E-state index contributed by atoms with van der Waals surface area (Å²) in [6.45, 7) is -0.228. The van der Waals surface area contributed by atoms with E-state index in [1.807, 2.05) is 0 Å². The largest absolute Gasteiger partial charge is 0.504 e. The average molecular weight is 387 g/mol. The number of likely N-dealkylation sites (tertiary alicyclic amines) is 1. The van der Waals surface area contributed by atoms with Crippen LogP contribution in [0.3, 0.4) is 0 Å². The summed E-state index contributed by atoms with van der Waals surface area (Å²) < 4.78 is 44.5. The summed E-state index contributed by atoms with van der Waals surface area (Å²) in [6, 6.07) is -1.41. The number of fused-ring (bicyclic) bond motifs is 1. The zero-order chi connectivity index (χ0) is 19.7. The van der Waals surface area contributed by atoms with Crippen LogP contribution < -0.4 is 11.2 Å². The predicted molar refractivity (Wildman–Crippen MR) is 89.5 cm³/mol. The summed E-state index contributed by atoms with van der Waals surface area (Å²) >= 11 is 0. The highest BCUT2D eigenvalue weighted by atomic mass is 19.3. The number of H-pyrrole nitrogens is 1. The molecule has 0 spiro atoms. The van der Waals surface area contributed by atoms with Gasteiger partial charge in [-0.15, -0.1) is 0 Å². The fraction of sp³-hybridized carbons (Fsp3) is 0.647. The van der Waals surface area contributed by atoms with Crippen molar-refractivity contribution in [2.45, 2.75) is 43.7 Å². The van der Waals surface area contributed by atoms with Crippen LogP contribution in [0, 0.1) is 5.92 Å². The lowest BCUT2D eigenvalue weighted by Gasteiger charge is -2.36. The Morgan fingerprint density at radius 3 is 2.52 bits per heavy atom. The Labute approximate surface area is 151 Å². The maximum Gasteiger partial charge on any atom is 0.328 e. The van der Waals surface area contributed by atoms with E-state index >= 15 is 0 Å². The molecule has 1 aromatic heterocycles. The molecule has 27 heavy (non-hydrogen) atoms. The number of aliphatic hydroxyl groups excluding tert-OH is 2. The van der Waals surface area contributed by atoms with Gasteiger partial charge < -0.3 is 10.2 Å². The average Bonchev–Trinajstić information content (AvgIpc) is 3.36. The first kappa shape index (κ1) is 18.3. The molecule has 3 N–H and O–H groups in total. The van der Waals surface area contributed by atoms with Gasteiger partial charge in [0, 0.05) is 24.2 Å². The molecule has 0 aromatic carbocycles. The van der Waals surface area contributed by atoms with Crippen LogP contribution in [0.1, 0.15) is 43.0 Å². The van der Waals surface area contributed by atoms with Crippen LogP contribution in [0.5, 0.6) is 0 Å². The van der Waals surface area contributed by atoms with Crippen LogP contribution in [0.2, 0.25) is 0 Å². The second-order valence-corrected chi connectivity index (χ2v) is 7.62. The molecule has 0 radical (unpaired) electrons. The zero-order valence-corrected chi connectivity index (χ0v) is 14.6. The maximum absolute atomic E-state index is 15.0. The first-order valence-electron chi connectivity index (χ1n) is 8.87. The van der Waals surface area contributed by atoms with Crippen molar-refractivity contribution in [3.05, 3.63) is 37.9 Å². The van der Waals surface area contributed by atoms with Gasteiger partial charge in [0.15, 0.2) is 11.6 Å². The van der Waals surface area contributed by atoms with Crippen molar-refractivity contribution in [3.8, 4) is 0 Å². The number of alkyl halides is 2. The minimum atomic E-state index is -3.20. The van der Waals surface area contributed by atoms with Gasteiger partial charge in [-0.3, -0.25) is 19.2 Å². The van der Waals surface area contributed by atoms with Crippen LogP contribution in [-0.2, 0) is 0 Å². The summed E-state index contributed by atoms with van der Waals surface area (Å²) in [7, 11) is 0. The van der Waals surface area contributed by atoms with Gasteiger partial charge in [-0.05, 0) is 12.8 Å². The third-order valence-electron chi connectivity index (χ3n) is 5.80. The lowest BCUT2D eigenvalue weighted by Crippen LogP contribution is -2.46. The van der Waals surface area contributed by atoms with Gasteiger partial charge in [0.05, 0.1) is 25.1 Å². The fourth-order valence-electron chi connectivity index (χ4n) is 4.33. The standard InChI is InChI=1S/C17H20F3N3O4/c1-7-12-10(15(26)21-16(27)23(12)9-2-3-9)14(25)11(18)13(7)22-4-8(5-24)17(19,20)6-22/h7-9,13,24-25H,2-6H2,1H3,(H,21,26,27). The van der Waals surface area contributed by atoms with E-state index in [0.29, 0.717) is 12.8 Å². The lowest BCUT2D eigenvalue weighted by atomic mass is 9.86. The highest BCUT2D eigenvalue weighted by Crippen LogP contribution is 2.45. The number of aromatic nitrogens is 2. The molecule has 10 heteroatoms. The molecule has 1 saturated carbocycles. The lowest BCUT2D eigenvalue weighted by molar-refractivity contribution is -0.0445. The number of nitrogens with one attached hydrogen (secondary N) is 1. The minimum absolute atomic E-state index is 0.162. The molecule has 1 aliphatic heterocycles. The van der Waals surface area contributed by atoms with E-state index in [9.17, 15) is 33.0 Å². The minimum Gasteiger partial charge on any atom is -0.504 e. The van der Waals surface area contributed by atoms with Crippen LogP contribution in [-0.4, -0.2) is 56.3 Å². The van der Waals surface area contributed by atoms with Gasteiger partial charge in [0.1, 0.15) is 5.56 Å². The molecule has 1 saturated heterocycles. The number of hydrogen-bond acceptors (Lipinski definition) is 5. The Bertz CT molecular complexity index is 934. The Hall–Kier alpha value is -2.07. The summed E-state index contributed by atoms with van der Waals surface area (Å²) in [5.74, 6) is -7.34. The third kappa shape index (κ3) is 2.65. The van der Waals surface area contributed by atoms with Gasteiger partial charge in [-0.1, -0.05) is 6.92 Å². The van der Waals surface area contributed by atoms with Crippen molar-refractivity contribution in [1.82, 2.24) is 14.5 Å². The monoisotopic (exact) mass is 387 g/mol. The Balaban J connectivity index is 1.85. The number of halogens is 3. The van der Waals surface area contributed by atoms with Crippen LogP contribution >= 0.6 is 0 Å². The van der Waals surface area contributed by atoms with E-state index in [2.05, 4.69) is 4.98 Å².